The van der Waals surface area contributed by atoms with Gasteiger partial charge in [0.05, 0.1) is 0 Å². The van der Waals surface area contributed by atoms with Gasteiger partial charge in [0, 0.05) is 23.9 Å². The van der Waals surface area contributed by atoms with Gasteiger partial charge < -0.3 is 24.4 Å². The SMILES string of the molecule is CC(C)(C)CCNC(=O)CN1C(=O)C2(COc3cc4c(cc32)OCO4)c2ccccc21. The molecule has 162 valence electrons. The average molecular weight is 422 g/mol. The maximum atomic E-state index is 13.8. The van der Waals surface area contributed by atoms with Gasteiger partial charge >= 0.3 is 0 Å². The minimum absolute atomic E-state index is 0.0262. The number of fused-ring (bicyclic) bond motifs is 5. The molecule has 0 radical (unpaired) electrons. The predicted molar refractivity (Wildman–Crippen MR) is 115 cm³/mol. The van der Waals surface area contributed by atoms with E-state index in [9.17, 15) is 9.59 Å². The third-order valence-electron chi connectivity index (χ3n) is 6.14. The van der Waals surface area contributed by atoms with E-state index < -0.39 is 5.41 Å². The van der Waals surface area contributed by atoms with E-state index >= 15 is 0 Å². The van der Waals surface area contributed by atoms with Crippen LogP contribution in [0, 0.1) is 5.41 Å². The molecule has 0 bridgehead atoms. The van der Waals surface area contributed by atoms with Crippen LogP contribution in [-0.2, 0) is 15.0 Å². The van der Waals surface area contributed by atoms with E-state index in [2.05, 4.69) is 26.1 Å². The largest absolute Gasteiger partial charge is 0.491 e. The van der Waals surface area contributed by atoms with Gasteiger partial charge in [-0.25, -0.2) is 0 Å². The van der Waals surface area contributed by atoms with Crippen LogP contribution in [0.15, 0.2) is 36.4 Å². The standard InChI is InChI=1S/C24H26N2O5/c1-23(2,3)8-9-25-21(27)12-26-17-7-5-4-6-15(17)24(22(26)28)13-29-18-11-20-19(10-16(18)24)30-14-31-20/h4-7,10-11H,8-9,12-14H2,1-3H3,(H,25,27). The zero-order chi connectivity index (χ0) is 21.8. The van der Waals surface area contributed by atoms with Crippen molar-refractivity contribution in [2.45, 2.75) is 32.6 Å². The van der Waals surface area contributed by atoms with Gasteiger partial charge in [-0.1, -0.05) is 39.0 Å². The monoisotopic (exact) mass is 422 g/mol. The molecule has 31 heavy (non-hydrogen) atoms. The van der Waals surface area contributed by atoms with Crippen molar-refractivity contribution in [1.29, 1.82) is 0 Å². The molecule has 0 aliphatic carbocycles. The van der Waals surface area contributed by atoms with Crippen LogP contribution >= 0.6 is 0 Å². The van der Waals surface area contributed by atoms with Crippen molar-refractivity contribution in [3.05, 3.63) is 47.5 Å². The number of anilines is 1. The molecule has 1 atom stereocenters. The first-order chi connectivity index (χ1) is 14.8. The van der Waals surface area contributed by atoms with E-state index in [0.29, 0.717) is 23.8 Å². The zero-order valence-electron chi connectivity index (χ0n) is 18.0. The van der Waals surface area contributed by atoms with Gasteiger partial charge in [-0.15, -0.1) is 0 Å². The summed E-state index contributed by atoms with van der Waals surface area (Å²) in [5.74, 6) is 1.51. The molecule has 2 amide bonds. The number of hydrogen-bond acceptors (Lipinski definition) is 5. The smallest absolute Gasteiger partial charge is 0.246 e. The molecular weight excluding hydrogens is 396 g/mol. The van der Waals surface area contributed by atoms with Gasteiger partial charge in [0.2, 0.25) is 18.6 Å². The van der Waals surface area contributed by atoms with Gasteiger partial charge in [-0.05, 0) is 29.5 Å². The van der Waals surface area contributed by atoms with Crippen LogP contribution in [0.1, 0.15) is 38.3 Å². The van der Waals surface area contributed by atoms with Crippen LogP contribution in [0.4, 0.5) is 5.69 Å². The van der Waals surface area contributed by atoms with Crippen LogP contribution in [-0.4, -0.2) is 38.3 Å². The number of nitrogens with one attached hydrogen (secondary N) is 1. The van der Waals surface area contributed by atoms with Crippen LogP contribution < -0.4 is 24.4 Å². The number of hydrogen-bond donors (Lipinski definition) is 1. The molecule has 0 saturated heterocycles. The molecule has 5 rings (SSSR count). The maximum Gasteiger partial charge on any atom is 0.246 e. The molecule has 1 N–H and O–H groups in total. The normalized spacial score (nSPS) is 20.6. The van der Waals surface area contributed by atoms with E-state index in [1.54, 1.807) is 11.0 Å². The lowest BCUT2D eigenvalue weighted by Crippen LogP contribution is -2.46. The molecule has 3 heterocycles. The number of nitrogens with zero attached hydrogens (tertiary/aromatic N) is 1. The quantitative estimate of drug-likeness (QED) is 0.820. The van der Waals surface area contributed by atoms with Crippen molar-refractivity contribution >= 4 is 17.5 Å². The Labute approximate surface area is 181 Å². The Morgan fingerprint density at radius 3 is 2.58 bits per heavy atom. The second-order valence-corrected chi connectivity index (χ2v) is 9.46. The molecule has 1 spiro atoms. The Hall–Kier alpha value is -3.22. The molecular formula is C24H26N2O5. The van der Waals surface area contributed by atoms with E-state index in [0.717, 1.165) is 23.2 Å². The summed E-state index contributed by atoms with van der Waals surface area (Å²) in [7, 11) is 0. The second-order valence-electron chi connectivity index (χ2n) is 9.46. The highest BCUT2D eigenvalue weighted by Gasteiger charge is 2.57. The van der Waals surface area contributed by atoms with Crippen LogP contribution in [0.5, 0.6) is 17.2 Å². The van der Waals surface area contributed by atoms with Crippen molar-refractivity contribution < 1.29 is 23.8 Å². The number of rotatable bonds is 4. The number of carbonyl (C=O) groups excluding carboxylic acids is 2. The van der Waals surface area contributed by atoms with Crippen molar-refractivity contribution in [2.75, 3.05) is 31.4 Å². The van der Waals surface area contributed by atoms with Crippen molar-refractivity contribution in [3.63, 3.8) is 0 Å². The van der Waals surface area contributed by atoms with E-state index in [4.69, 9.17) is 14.2 Å². The molecule has 1 unspecified atom stereocenters. The fourth-order valence-corrected chi connectivity index (χ4v) is 4.50. The number of para-hydroxylation sites is 1. The topological polar surface area (TPSA) is 77.1 Å². The predicted octanol–water partition coefficient (Wildman–Crippen LogP) is 2.99. The Kier molecular flexibility index (Phi) is 4.39. The highest BCUT2D eigenvalue weighted by Crippen LogP contribution is 2.54. The van der Waals surface area contributed by atoms with Gasteiger partial charge in [0.1, 0.15) is 24.3 Å². The average Bonchev–Trinajstić information content (AvgIpc) is 3.38. The maximum absolute atomic E-state index is 13.8. The first-order valence-corrected chi connectivity index (χ1v) is 10.5. The molecule has 3 aliphatic heterocycles. The van der Waals surface area contributed by atoms with Crippen LogP contribution in [0.25, 0.3) is 0 Å². The first-order valence-electron chi connectivity index (χ1n) is 10.5. The summed E-state index contributed by atoms with van der Waals surface area (Å²) in [4.78, 5) is 28.1. The Bertz CT molecular complexity index is 1070. The van der Waals surface area contributed by atoms with Crippen LogP contribution in [0.3, 0.4) is 0 Å². The first kappa shape index (κ1) is 19.7. The minimum atomic E-state index is -0.988. The molecule has 2 aromatic rings. The lowest BCUT2D eigenvalue weighted by atomic mass is 9.77. The summed E-state index contributed by atoms with van der Waals surface area (Å²) in [6.07, 6.45) is 0.863. The second kappa shape index (κ2) is 6.90. The van der Waals surface area contributed by atoms with Crippen molar-refractivity contribution in [1.82, 2.24) is 5.32 Å². The summed E-state index contributed by atoms with van der Waals surface area (Å²) < 4.78 is 17.0. The van der Waals surface area contributed by atoms with Gasteiger partial charge in [0.25, 0.3) is 0 Å². The fraction of sp³-hybridized carbons (Fsp3) is 0.417. The van der Waals surface area contributed by atoms with Crippen molar-refractivity contribution in [2.24, 2.45) is 5.41 Å². The molecule has 2 aromatic carbocycles. The third-order valence-corrected chi connectivity index (χ3v) is 6.14. The third kappa shape index (κ3) is 3.10. The zero-order valence-corrected chi connectivity index (χ0v) is 18.0. The molecule has 7 nitrogen and oxygen atoms in total. The van der Waals surface area contributed by atoms with E-state index in [1.165, 1.54) is 0 Å². The lowest BCUT2D eigenvalue weighted by Gasteiger charge is -2.23. The summed E-state index contributed by atoms with van der Waals surface area (Å²) in [5.41, 5.74) is 1.49. The Balaban J connectivity index is 1.46. The van der Waals surface area contributed by atoms with Gasteiger partial charge in [0.15, 0.2) is 11.5 Å². The minimum Gasteiger partial charge on any atom is -0.491 e. The lowest BCUT2D eigenvalue weighted by molar-refractivity contribution is -0.125. The number of benzene rings is 2. The molecule has 0 saturated carbocycles. The van der Waals surface area contributed by atoms with Gasteiger partial charge in [-0.3, -0.25) is 9.59 Å². The summed E-state index contributed by atoms with van der Waals surface area (Å²) in [6.45, 7) is 7.28. The van der Waals surface area contributed by atoms with Gasteiger partial charge in [-0.2, -0.15) is 0 Å². The summed E-state index contributed by atoms with van der Waals surface area (Å²) in [6, 6.07) is 11.2. The molecule has 7 heteroatoms. The number of ether oxygens (including phenoxy) is 3. The van der Waals surface area contributed by atoms with E-state index in [-0.39, 0.29) is 37.2 Å². The van der Waals surface area contributed by atoms with Crippen LogP contribution in [0.2, 0.25) is 0 Å². The van der Waals surface area contributed by atoms with Crippen molar-refractivity contribution in [3.8, 4) is 17.2 Å². The fourth-order valence-electron chi connectivity index (χ4n) is 4.50. The number of amides is 2. The van der Waals surface area contributed by atoms with E-state index in [1.807, 2.05) is 30.3 Å². The molecule has 0 fully saturated rings. The molecule has 0 aromatic heterocycles. The highest BCUT2D eigenvalue weighted by molar-refractivity contribution is 6.13. The number of carbonyl (C=O) groups is 2. The summed E-state index contributed by atoms with van der Waals surface area (Å²) >= 11 is 0. The highest BCUT2D eigenvalue weighted by atomic mass is 16.7. The Morgan fingerprint density at radius 1 is 1.06 bits per heavy atom. The Morgan fingerprint density at radius 2 is 1.81 bits per heavy atom. The summed E-state index contributed by atoms with van der Waals surface area (Å²) in [5, 5.41) is 2.95. The molecule has 3 aliphatic rings.